The summed E-state index contributed by atoms with van der Waals surface area (Å²) >= 11 is 0. The van der Waals surface area contributed by atoms with Crippen LogP contribution in [0.3, 0.4) is 0 Å². The average molecular weight is 380 g/mol. The first kappa shape index (κ1) is 20.7. The molecule has 0 spiro atoms. The molecule has 1 aliphatic heterocycles. The first-order valence-corrected chi connectivity index (χ1v) is 8.75. The maximum absolute atomic E-state index is 13.7. The molecule has 0 radical (unpaired) electrons. The second-order valence-corrected chi connectivity index (χ2v) is 6.87. The second kappa shape index (κ2) is 8.83. The summed E-state index contributed by atoms with van der Waals surface area (Å²) in [6.07, 6.45) is 0.103. The van der Waals surface area contributed by atoms with Crippen molar-refractivity contribution >= 4 is 17.8 Å². The van der Waals surface area contributed by atoms with E-state index in [1.54, 1.807) is 11.0 Å². The Labute approximate surface area is 158 Å². The molecule has 0 saturated carbocycles. The van der Waals surface area contributed by atoms with Crippen LogP contribution in [0.5, 0.6) is 5.75 Å². The van der Waals surface area contributed by atoms with Gasteiger partial charge < -0.3 is 19.3 Å². The number of esters is 1. The maximum atomic E-state index is 13.7. The Hall–Kier alpha value is -2.64. The van der Waals surface area contributed by atoms with Crippen molar-refractivity contribution in [2.24, 2.45) is 5.92 Å². The van der Waals surface area contributed by atoms with Gasteiger partial charge in [0.2, 0.25) is 5.91 Å². The summed E-state index contributed by atoms with van der Waals surface area (Å²) in [7, 11) is 2.91. The number of hydrogen-bond acceptors (Lipinski definition) is 5. The molecule has 1 aromatic rings. The average Bonchev–Trinajstić information content (AvgIpc) is 3.01. The molecule has 1 atom stereocenters. The fourth-order valence-electron chi connectivity index (χ4n) is 2.92. The summed E-state index contributed by atoms with van der Waals surface area (Å²) in [5, 5.41) is 0. The monoisotopic (exact) mass is 380 g/mol. The van der Waals surface area contributed by atoms with E-state index >= 15 is 0 Å². The number of likely N-dealkylation sites (N-methyl/N-ethyl adjacent to an activating group) is 1. The van der Waals surface area contributed by atoms with Gasteiger partial charge in [-0.1, -0.05) is 6.07 Å². The van der Waals surface area contributed by atoms with Gasteiger partial charge in [0.15, 0.2) is 18.2 Å². The lowest BCUT2D eigenvalue weighted by atomic mass is 10.1. The highest BCUT2D eigenvalue weighted by Gasteiger charge is 2.36. The number of benzene rings is 1. The van der Waals surface area contributed by atoms with Crippen LogP contribution in [0.1, 0.15) is 25.8 Å². The molecule has 1 aliphatic rings. The summed E-state index contributed by atoms with van der Waals surface area (Å²) in [5.41, 5.74) is 0.587. The molecule has 1 heterocycles. The fourth-order valence-corrected chi connectivity index (χ4v) is 2.92. The summed E-state index contributed by atoms with van der Waals surface area (Å²) in [4.78, 5) is 39.1. The predicted molar refractivity (Wildman–Crippen MR) is 95.3 cm³/mol. The van der Waals surface area contributed by atoms with Crippen LogP contribution in [0.25, 0.3) is 0 Å². The number of likely N-dealkylation sites (tertiary alicyclic amines) is 1. The number of methoxy groups -OCH3 is 1. The molecule has 2 rings (SSSR count). The molecule has 7 nitrogen and oxygen atoms in total. The van der Waals surface area contributed by atoms with Crippen LogP contribution < -0.4 is 4.74 Å². The molecule has 8 heteroatoms. The molecule has 0 aliphatic carbocycles. The quantitative estimate of drug-likeness (QED) is 0.672. The van der Waals surface area contributed by atoms with Gasteiger partial charge in [0.1, 0.15) is 0 Å². The zero-order valence-corrected chi connectivity index (χ0v) is 16.0. The van der Waals surface area contributed by atoms with Gasteiger partial charge in [0, 0.05) is 32.6 Å². The Morgan fingerprint density at radius 1 is 1.37 bits per heavy atom. The standard InChI is InChI=1S/C19H25FN2O5/c1-12(2)22-10-14(8-17(22)23)19(25)27-11-18(24)21(3)9-13-5-6-16(26-4)15(20)7-13/h5-7,12,14H,8-11H2,1-4H3. The third kappa shape index (κ3) is 5.18. The van der Waals surface area contributed by atoms with E-state index in [4.69, 9.17) is 9.47 Å². The summed E-state index contributed by atoms with van der Waals surface area (Å²) in [5.74, 6) is -1.98. The lowest BCUT2D eigenvalue weighted by Crippen LogP contribution is -2.34. The SMILES string of the molecule is COc1ccc(CN(C)C(=O)COC(=O)C2CC(=O)N(C(C)C)C2)cc1F. The van der Waals surface area contributed by atoms with Crippen molar-refractivity contribution in [3.8, 4) is 5.75 Å². The van der Waals surface area contributed by atoms with Crippen LogP contribution in [0, 0.1) is 11.7 Å². The molecule has 1 aromatic carbocycles. The predicted octanol–water partition coefficient (Wildman–Crippen LogP) is 1.59. The van der Waals surface area contributed by atoms with Crippen molar-refractivity contribution in [1.82, 2.24) is 9.80 Å². The molecule has 27 heavy (non-hydrogen) atoms. The lowest BCUT2D eigenvalue weighted by Gasteiger charge is -2.21. The Kier molecular flexibility index (Phi) is 6.76. The second-order valence-electron chi connectivity index (χ2n) is 6.87. The minimum atomic E-state index is -0.552. The van der Waals surface area contributed by atoms with E-state index in [0.29, 0.717) is 12.1 Å². The summed E-state index contributed by atoms with van der Waals surface area (Å²) < 4.78 is 23.7. The van der Waals surface area contributed by atoms with E-state index in [1.807, 2.05) is 13.8 Å². The molecule has 0 N–H and O–H groups in total. The fraction of sp³-hybridized carbons (Fsp3) is 0.526. The normalized spacial score (nSPS) is 16.6. The summed E-state index contributed by atoms with van der Waals surface area (Å²) in [6, 6.07) is 4.45. The topological polar surface area (TPSA) is 76.1 Å². The number of carbonyl (C=O) groups is 3. The Morgan fingerprint density at radius 2 is 2.07 bits per heavy atom. The minimum absolute atomic E-state index is 0.0213. The van der Waals surface area contributed by atoms with Crippen LogP contribution >= 0.6 is 0 Å². The molecular formula is C19H25FN2O5. The number of hydrogen-bond donors (Lipinski definition) is 0. The molecule has 0 aromatic heterocycles. The molecule has 1 saturated heterocycles. The van der Waals surface area contributed by atoms with E-state index in [1.165, 1.54) is 31.2 Å². The number of amides is 2. The zero-order chi connectivity index (χ0) is 20.1. The van der Waals surface area contributed by atoms with E-state index in [-0.39, 0.29) is 30.7 Å². The largest absolute Gasteiger partial charge is 0.494 e. The van der Waals surface area contributed by atoms with Crippen molar-refractivity contribution < 1.29 is 28.2 Å². The van der Waals surface area contributed by atoms with Gasteiger partial charge >= 0.3 is 5.97 Å². The Bertz CT molecular complexity index is 722. The summed E-state index contributed by atoms with van der Waals surface area (Å²) in [6.45, 7) is 3.82. The van der Waals surface area contributed by atoms with E-state index < -0.39 is 30.2 Å². The van der Waals surface area contributed by atoms with Gasteiger partial charge in [-0.05, 0) is 31.5 Å². The number of rotatable bonds is 7. The lowest BCUT2D eigenvalue weighted by molar-refractivity contribution is -0.155. The first-order chi connectivity index (χ1) is 12.7. The molecule has 148 valence electrons. The van der Waals surface area contributed by atoms with Gasteiger partial charge in [-0.3, -0.25) is 14.4 Å². The number of nitrogens with zero attached hydrogens (tertiary/aromatic N) is 2. The van der Waals surface area contributed by atoms with Gasteiger partial charge in [-0.25, -0.2) is 4.39 Å². The van der Waals surface area contributed by atoms with Crippen LogP contribution in [-0.2, 0) is 25.7 Å². The zero-order valence-electron chi connectivity index (χ0n) is 16.0. The van der Waals surface area contributed by atoms with E-state index in [0.717, 1.165) is 0 Å². The van der Waals surface area contributed by atoms with Crippen LogP contribution in [0.15, 0.2) is 18.2 Å². The van der Waals surface area contributed by atoms with Crippen LogP contribution in [0.4, 0.5) is 4.39 Å². The molecule has 1 fully saturated rings. The van der Waals surface area contributed by atoms with Gasteiger partial charge in [0.05, 0.1) is 13.0 Å². The number of ether oxygens (including phenoxy) is 2. The number of carbonyl (C=O) groups excluding carboxylic acids is 3. The van der Waals surface area contributed by atoms with Gasteiger partial charge in [-0.15, -0.1) is 0 Å². The van der Waals surface area contributed by atoms with Crippen molar-refractivity contribution in [2.75, 3.05) is 27.3 Å². The highest BCUT2D eigenvalue weighted by molar-refractivity contribution is 5.88. The third-order valence-electron chi connectivity index (χ3n) is 4.51. The van der Waals surface area contributed by atoms with E-state index in [2.05, 4.69) is 0 Å². The molecule has 1 unspecified atom stereocenters. The Morgan fingerprint density at radius 3 is 2.63 bits per heavy atom. The van der Waals surface area contributed by atoms with Crippen molar-refractivity contribution in [1.29, 1.82) is 0 Å². The maximum Gasteiger partial charge on any atom is 0.311 e. The Balaban J connectivity index is 1.83. The highest BCUT2D eigenvalue weighted by atomic mass is 19.1. The van der Waals surface area contributed by atoms with Crippen LogP contribution in [-0.4, -0.2) is 60.9 Å². The van der Waals surface area contributed by atoms with Gasteiger partial charge in [0.25, 0.3) is 5.91 Å². The van der Waals surface area contributed by atoms with Gasteiger partial charge in [-0.2, -0.15) is 0 Å². The van der Waals surface area contributed by atoms with Crippen molar-refractivity contribution in [3.63, 3.8) is 0 Å². The highest BCUT2D eigenvalue weighted by Crippen LogP contribution is 2.21. The molecule has 0 bridgehead atoms. The van der Waals surface area contributed by atoms with Crippen molar-refractivity contribution in [3.05, 3.63) is 29.6 Å². The third-order valence-corrected chi connectivity index (χ3v) is 4.51. The number of halogens is 1. The van der Waals surface area contributed by atoms with Crippen LogP contribution in [0.2, 0.25) is 0 Å². The smallest absolute Gasteiger partial charge is 0.311 e. The molecular weight excluding hydrogens is 355 g/mol. The van der Waals surface area contributed by atoms with E-state index in [9.17, 15) is 18.8 Å². The molecule has 2 amide bonds. The van der Waals surface area contributed by atoms with Crippen molar-refractivity contribution in [2.45, 2.75) is 32.9 Å². The minimum Gasteiger partial charge on any atom is -0.494 e. The first-order valence-electron chi connectivity index (χ1n) is 8.75.